The number of rotatable bonds is 4. The second-order valence-corrected chi connectivity index (χ2v) is 5.53. The van der Waals surface area contributed by atoms with Crippen LogP contribution in [0.4, 0.5) is 8.78 Å². The second-order valence-electron chi connectivity index (χ2n) is 5.53. The molecule has 0 bridgehead atoms. The van der Waals surface area contributed by atoms with Crippen LogP contribution in [0.15, 0.2) is 18.2 Å². The first-order valence-corrected chi connectivity index (χ1v) is 6.76. The zero-order valence-electron chi connectivity index (χ0n) is 11.0. The maximum Gasteiger partial charge on any atom is 0.159 e. The minimum atomic E-state index is -0.756. The van der Waals surface area contributed by atoms with Crippen molar-refractivity contribution in [2.24, 2.45) is 5.92 Å². The Balaban J connectivity index is 2.08. The van der Waals surface area contributed by atoms with Crippen molar-refractivity contribution < 1.29 is 8.78 Å². The molecule has 0 amide bonds. The highest BCUT2D eigenvalue weighted by Crippen LogP contribution is 2.39. The number of nitrogens with one attached hydrogen (secondary N) is 1. The highest BCUT2D eigenvalue weighted by molar-refractivity contribution is 5.23. The smallest absolute Gasteiger partial charge is 0.159 e. The molecule has 0 spiro atoms. The average Bonchev–Trinajstić information content (AvgIpc) is 2.78. The van der Waals surface area contributed by atoms with Crippen LogP contribution in [0.5, 0.6) is 0 Å². The Labute approximate surface area is 108 Å². The van der Waals surface area contributed by atoms with Gasteiger partial charge in [-0.2, -0.15) is 0 Å². The zero-order valence-corrected chi connectivity index (χ0v) is 11.0. The zero-order chi connectivity index (χ0) is 13.1. The van der Waals surface area contributed by atoms with Gasteiger partial charge in [0.1, 0.15) is 0 Å². The normalized spacial score (nSPS) is 23.8. The third-order valence-corrected chi connectivity index (χ3v) is 3.82. The first-order valence-electron chi connectivity index (χ1n) is 6.76. The van der Waals surface area contributed by atoms with Crippen molar-refractivity contribution in [1.82, 2.24) is 5.32 Å². The molecule has 3 heteroatoms. The van der Waals surface area contributed by atoms with Gasteiger partial charge in [0.2, 0.25) is 0 Å². The molecular formula is C15H21F2N. The van der Waals surface area contributed by atoms with Crippen LogP contribution < -0.4 is 5.32 Å². The summed E-state index contributed by atoms with van der Waals surface area (Å²) < 4.78 is 26.2. The predicted molar refractivity (Wildman–Crippen MR) is 69.6 cm³/mol. The largest absolute Gasteiger partial charge is 0.314 e. The van der Waals surface area contributed by atoms with Crippen molar-refractivity contribution in [3.8, 4) is 0 Å². The summed E-state index contributed by atoms with van der Waals surface area (Å²) in [6, 6.07) is 4.82. The minimum Gasteiger partial charge on any atom is -0.314 e. The van der Waals surface area contributed by atoms with Gasteiger partial charge in [0, 0.05) is 6.04 Å². The molecule has 1 aromatic carbocycles. The maximum absolute atomic E-state index is 13.3. The molecule has 1 fully saturated rings. The summed E-state index contributed by atoms with van der Waals surface area (Å²) >= 11 is 0. The van der Waals surface area contributed by atoms with Crippen LogP contribution >= 0.6 is 0 Å². The molecule has 18 heavy (non-hydrogen) atoms. The van der Waals surface area contributed by atoms with Gasteiger partial charge in [-0.05, 0) is 48.9 Å². The lowest BCUT2D eigenvalue weighted by Gasteiger charge is -2.22. The van der Waals surface area contributed by atoms with Crippen molar-refractivity contribution in [2.45, 2.75) is 45.1 Å². The van der Waals surface area contributed by atoms with E-state index in [0.29, 0.717) is 17.9 Å². The Morgan fingerprint density at radius 3 is 2.67 bits per heavy atom. The van der Waals surface area contributed by atoms with Crippen LogP contribution in [0.2, 0.25) is 0 Å². The van der Waals surface area contributed by atoms with Crippen LogP contribution in [0.1, 0.15) is 44.6 Å². The molecule has 2 unspecified atom stereocenters. The third kappa shape index (κ3) is 3.08. The van der Waals surface area contributed by atoms with Crippen molar-refractivity contribution in [1.29, 1.82) is 0 Å². The van der Waals surface area contributed by atoms with Gasteiger partial charge in [0.05, 0.1) is 0 Å². The van der Waals surface area contributed by atoms with E-state index >= 15 is 0 Å². The topological polar surface area (TPSA) is 12.0 Å². The van der Waals surface area contributed by atoms with E-state index < -0.39 is 11.6 Å². The predicted octanol–water partition coefficient (Wildman–Crippen LogP) is 3.85. The van der Waals surface area contributed by atoms with Crippen molar-refractivity contribution in [3.05, 3.63) is 35.4 Å². The molecule has 1 aliphatic carbocycles. The average molecular weight is 253 g/mol. The monoisotopic (exact) mass is 253 g/mol. The Bertz CT molecular complexity index is 403. The quantitative estimate of drug-likeness (QED) is 0.859. The molecule has 1 saturated carbocycles. The van der Waals surface area contributed by atoms with Gasteiger partial charge in [-0.3, -0.25) is 0 Å². The Morgan fingerprint density at radius 2 is 2.00 bits per heavy atom. The Kier molecular flexibility index (Phi) is 4.33. The van der Waals surface area contributed by atoms with E-state index in [4.69, 9.17) is 0 Å². The molecule has 0 aliphatic heterocycles. The van der Waals surface area contributed by atoms with Crippen molar-refractivity contribution in [3.63, 3.8) is 0 Å². The van der Waals surface area contributed by atoms with E-state index in [-0.39, 0.29) is 0 Å². The van der Waals surface area contributed by atoms with E-state index in [1.54, 1.807) is 6.07 Å². The van der Waals surface area contributed by atoms with Gasteiger partial charge in [-0.15, -0.1) is 0 Å². The third-order valence-electron chi connectivity index (χ3n) is 3.82. The molecule has 0 heterocycles. The number of benzene rings is 1. The summed E-state index contributed by atoms with van der Waals surface area (Å²) in [5.41, 5.74) is 0.946. The Hall–Kier alpha value is -0.960. The first kappa shape index (κ1) is 13.5. The lowest BCUT2D eigenvalue weighted by molar-refractivity contribution is 0.420. The van der Waals surface area contributed by atoms with Gasteiger partial charge in [0.25, 0.3) is 0 Å². The highest BCUT2D eigenvalue weighted by Gasteiger charge is 2.28. The van der Waals surface area contributed by atoms with Crippen molar-refractivity contribution >= 4 is 0 Å². The van der Waals surface area contributed by atoms with Crippen LogP contribution in [-0.2, 0) is 0 Å². The molecule has 1 N–H and O–H groups in total. The first-order chi connectivity index (χ1) is 8.58. The summed E-state index contributed by atoms with van der Waals surface area (Å²) in [6.07, 6.45) is 3.42. The van der Waals surface area contributed by atoms with Crippen LogP contribution in [-0.4, -0.2) is 12.6 Å². The van der Waals surface area contributed by atoms with Crippen LogP contribution in [0, 0.1) is 17.6 Å². The van der Waals surface area contributed by atoms with E-state index in [1.807, 2.05) is 0 Å². The lowest BCUT2D eigenvalue weighted by atomic mass is 9.88. The summed E-state index contributed by atoms with van der Waals surface area (Å²) in [4.78, 5) is 0. The minimum absolute atomic E-state index is 0.367. The van der Waals surface area contributed by atoms with E-state index in [1.165, 1.54) is 25.0 Å². The fraction of sp³-hybridized carbons (Fsp3) is 0.600. The Morgan fingerprint density at radius 1 is 1.22 bits per heavy atom. The molecule has 2 rings (SSSR count). The summed E-state index contributed by atoms with van der Waals surface area (Å²) in [5.74, 6) is -0.577. The number of hydrogen-bond acceptors (Lipinski definition) is 1. The molecule has 0 aromatic heterocycles. The molecule has 0 saturated heterocycles. The molecule has 2 atom stereocenters. The van der Waals surface area contributed by atoms with E-state index in [2.05, 4.69) is 19.2 Å². The molecule has 0 radical (unpaired) electrons. The number of hydrogen-bond donors (Lipinski definition) is 1. The van der Waals surface area contributed by atoms with Gasteiger partial charge in [0.15, 0.2) is 11.6 Å². The van der Waals surface area contributed by atoms with E-state index in [0.717, 1.165) is 18.5 Å². The fourth-order valence-corrected chi connectivity index (χ4v) is 2.85. The molecule has 1 aliphatic rings. The molecule has 1 aromatic rings. The lowest BCUT2D eigenvalue weighted by Crippen LogP contribution is -2.30. The van der Waals surface area contributed by atoms with E-state index in [9.17, 15) is 8.78 Å². The maximum atomic E-state index is 13.3. The van der Waals surface area contributed by atoms with Crippen LogP contribution in [0.3, 0.4) is 0 Å². The molecule has 1 nitrogen and oxygen atoms in total. The van der Waals surface area contributed by atoms with Gasteiger partial charge >= 0.3 is 0 Å². The number of halogens is 2. The second kappa shape index (κ2) is 5.79. The highest BCUT2D eigenvalue weighted by atomic mass is 19.2. The summed E-state index contributed by atoms with van der Waals surface area (Å²) in [7, 11) is 0. The molecule has 100 valence electrons. The fourth-order valence-electron chi connectivity index (χ4n) is 2.85. The van der Waals surface area contributed by atoms with Crippen molar-refractivity contribution in [2.75, 3.05) is 6.54 Å². The van der Waals surface area contributed by atoms with Gasteiger partial charge in [-0.1, -0.05) is 26.3 Å². The molecular weight excluding hydrogens is 232 g/mol. The SMILES string of the molecule is CC(C)NCC1CCCC1c1ccc(F)c(F)c1. The van der Waals surface area contributed by atoms with Crippen LogP contribution in [0.25, 0.3) is 0 Å². The van der Waals surface area contributed by atoms with Gasteiger partial charge < -0.3 is 5.32 Å². The summed E-state index contributed by atoms with van der Waals surface area (Å²) in [6.45, 7) is 5.21. The summed E-state index contributed by atoms with van der Waals surface area (Å²) in [5, 5.41) is 3.45. The standard InChI is InChI=1S/C15H21F2N/c1-10(2)18-9-12-4-3-5-13(12)11-6-7-14(16)15(17)8-11/h6-8,10,12-13,18H,3-5,9H2,1-2H3. The van der Waals surface area contributed by atoms with Gasteiger partial charge in [-0.25, -0.2) is 8.78 Å².